The van der Waals surface area contributed by atoms with E-state index in [9.17, 15) is 9.59 Å². The highest BCUT2D eigenvalue weighted by molar-refractivity contribution is 5.83. The lowest BCUT2D eigenvalue weighted by atomic mass is 10.1. The normalized spacial score (nSPS) is 11.8. The molecule has 24 heavy (non-hydrogen) atoms. The molecule has 0 radical (unpaired) electrons. The number of nitrogens with one attached hydrogen (secondary N) is 1. The standard InChI is InChI=1S/C17H30N4O3/c1-13(2)8-9-24-17(4,5)12-21-11-15(19-20-21)10-18-16(23)7-6-14(3)22/h11,13H,6-10,12H2,1-5H3,(H,18,23). The van der Waals surface area contributed by atoms with Gasteiger partial charge in [0.15, 0.2) is 0 Å². The third kappa shape index (κ3) is 8.76. The Kier molecular flexibility index (Phi) is 8.04. The zero-order valence-corrected chi connectivity index (χ0v) is 15.5. The summed E-state index contributed by atoms with van der Waals surface area (Å²) < 4.78 is 7.64. The van der Waals surface area contributed by atoms with E-state index in [4.69, 9.17) is 4.74 Å². The van der Waals surface area contributed by atoms with Crippen LogP contribution in [-0.4, -0.2) is 38.9 Å². The van der Waals surface area contributed by atoms with Crippen molar-refractivity contribution in [3.8, 4) is 0 Å². The molecule has 1 heterocycles. The van der Waals surface area contributed by atoms with Crippen LogP contribution in [0, 0.1) is 5.92 Å². The average Bonchev–Trinajstić information content (AvgIpc) is 2.88. The Morgan fingerprint density at radius 2 is 2.04 bits per heavy atom. The first kappa shape index (κ1) is 20.3. The fourth-order valence-electron chi connectivity index (χ4n) is 2.07. The molecule has 7 nitrogen and oxygen atoms in total. The second-order valence-electron chi connectivity index (χ2n) is 7.18. The van der Waals surface area contributed by atoms with E-state index in [-0.39, 0.29) is 30.1 Å². The summed E-state index contributed by atoms with van der Waals surface area (Å²) in [5, 5.41) is 10.9. The van der Waals surface area contributed by atoms with Crippen molar-refractivity contribution in [2.45, 2.75) is 72.6 Å². The number of ketones is 1. The number of carbonyl (C=O) groups is 2. The summed E-state index contributed by atoms with van der Waals surface area (Å²) in [6.07, 6.45) is 3.30. The lowest BCUT2D eigenvalue weighted by Gasteiger charge is -2.25. The highest BCUT2D eigenvalue weighted by atomic mass is 16.5. The van der Waals surface area contributed by atoms with Gasteiger partial charge >= 0.3 is 0 Å². The van der Waals surface area contributed by atoms with Crippen molar-refractivity contribution in [3.05, 3.63) is 11.9 Å². The molecule has 1 amide bonds. The molecular formula is C17H30N4O3. The number of ether oxygens (including phenoxy) is 1. The molecule has 0 bridgehead atoms. The SMILES string of the molecule is CC(=O)CCC(=O)NCc1cn(CC(C)(C)OCCC(C)C)nn1. The van der Waals surface area contributed by atoms with Gasteiger partial charge in [-0.2, -0.15) is 0 Å². The van der Waals surface area contributed by atoms with Crippen LogP contribution in [0.1, 0.15) is 59.6 Å². The zero-order valence-electron chi connectivity index (χ0n) is 15.5. The summed E-state index contributed by atoms with van der Waals surface area (Å²) in [5.41, 5.74) is 0.356. The van der Waals surface area contributed by atoms with Crippen LogP contribution in [0.3, 0.4) is 0 Å². The third-order valence-corrected chi connectivity index (χ3v) is 3.49. The van der Waals surface area contributed by atoms with Crippen molar-refractivity contribution >= 4 is 11.7 Å². The van der Waals surface area contributed by atoms with E-state index >= 15 is 0 Å². The molecule has 7 heteroatoms. The summed E-state index contributed by atoms with van der Waals surface area (Å²) in [5.74, 6) is 0.471. The van der Waals surface area contributed by atoms with Crippen molar-refractivity contribution in [2.75, 3.05) is 6.61 Å². The maximum absolute atomic E-state index is 11.6. The fraction of sp³-hybridized carbons (Fsp3) is 0.765. The monoisotopic (exact) mass is 338 g/mol. The molecule has 0 aliphatic rings. The van der Waals surface area contributed by atoms with Gasteiger partial charge in [0.1, 0.15) is 11.5 Å². The highest BCUT2D eigenvalue weighted by Crippen LogP contribution is 2.14. The lowest BCUT2D eigenvalue weighted by molar-refractivity contribution is -0.124. The number of hydrogen-bond donors (Lipinski definition) is 1. The number of Topliss-reactive ketones (excluding diaryl/α,β-unsaturated/α-hetero) is 1. The van der Waals surface area contributed by atoms with Crippen molar-refractivity contribution in [1.29, 1.82) is 0 Å². The van der Waals surface area contributed by atoms with E-state index in [2.05, 4.69) is 29.5 Å². The van der Waals surface area contributed by atoms with Gasteiger partial charge in [-0.1, -0.05) is 19.1 Å². The molecule has 136 valence electrons. The van der Waals surface area contributed by atoms with Crippen LogP contribution in [0.5, 0.6) is 0 Å². The maximum atomic E-state index is 11.6. The Balaban J connectivity index is 2.39. The van der Waals surface area contributed by atoms with E-state index in [1.54, 1.807) is 10.9 Å². The molecule has 0 saturated heterocycles. The first-order valence-corrected chi connectivity index (χ1v) is 8.47. The van der Waals surface area contributed by atoms with Crippen LogP contribution in [0.25, 0.3) is 0 Å². The maximum Gasteiger partial charge on any atom is 0.220 e. The highest BCUT2D eigenvalue weighted by Gasteiger charge is 2.20. The minimum atomic E-state index is -0.329. The molecule has 0 spiro atoms. The van der Waals surface area contributed by atoms with E-state index in [0.29, 0.717) is 24.7 Å². The predicted octanol–water partition coefficient (Wildman–Crippen LogP) is 2.10. The first-order chi connectivity index (χ1) is 11.2. The number of amides is 1. The molecule has 1 aromatic rings. The lowest BCUT2D eigenvalue weighted by Crippen LogP contribution is -2.31. The Hall–Kier alpha value is -1.76. The molecule has 0 aliphatic heterocycles. The molecule has 1 N–H and O–H groups in total. The van der Waals surface area contributed by atoms with Crippen LogP contribution >= 0.6 is 0 Å². The van der Waals surface area contributed by atoms with Gasteiger partial charge in [-0.15, -0.1) is 5.10 Å². The Bertz CT molecular complexity index is 538. The van der Waals surface area contributed by atoms with E-state index in [1.807, 2.05) is 13.8 Å². The second kappa shape index (κ2) is 9.52. The number of nitrogens with zero attached hydrogens (tertiary/aromatic N) is 3. The summed E-state index contributed by atoms with van der Waals surface area (Å²) >= 11 is 0. The smallest absolute Gasteiger partial charge is 0.220 e. The van der Waals surface area contributed by atoms with Crippen LogP contribution < -0.4 is 5.32 Å². The summed E-state index contributed by atoms with van der Waals surface area (Å²) in [6, 6.07) is 0. The molecule has 0 unspecified atom stereocenters. The molecule has 0 atom stereocenters. The molecule has 1 aromatic heterocycles. The minimum Gasteiger partial charge on any atom is -0.374 e. The fourth-order valence-corrected chi connectivity index (χ4v) is 2.07. The van der Waals surface area contributed by atoms with Crippen molar-refractivity contribution in [2.24, 2.45) is 5.92 Å². The molecular weight excluding hydrogens is 308 g/mol. The predicted molar refractivity (Wildman–Crippen MR) is 91.3 cm³/mol. The number of rotatable bonds is 11. The third-order valence-electron chi connectivity index (χ3n) is 3.49. The minimum absolute atomic E-state index is 0.00999. The van der Waals surface area contributed by atoms with Gasteiger partial charge in [-0.25, -0.2) is 4.68 Å². The molecule has 0 saturated carbocycles. The largest absolute Gasteiger partial charge is 0.374 e. The first-order valence-electron chi connectivity index (χ1n) is 8.47. The molecule has 0 aliphatic carbocycles. The van der Waals surface area contributed by atoms with Crippen LogP contribution in [0.4, 0.5) is 0 Å². The molecule has 1 rings (SSSR count). The van der Waals surface area contributed by atoms with E-state index < -0.39 is 0 Å². The van der Waals surface area contributed by atoms with Gasteiger partial charge < -0.3 is 14.8 Å². The number of hydrogen-bond acceptors (Lipinski definition) is 5. The number of carbonyl (C=O) groups excluding carboxylic acids is 2. The Morgan fingerprint density at radius 3 is 2.67 bits per heavy atom. The van der Waals surface area contributed by atoms with Crippen LogP contribution in [0.2, 0.25) is 0 Å². The van der Waals surface area contributed by atoms with Crippen molar-refractivity contribution in [3.63, 3.8) is 0 Å². The van der Waals surface area contributed by atoms with Gasteiger partial charge in [0.05, 0.1) is 24.9 Å². The molecule has 0 aromatic carbocycles. The van der Waals surface area contributed by atoms with Gasteiger partial charge in [-0.3, -0.25) is 4.79 Å². The summed E-state index contributed by atoms with van der Waals surface area (Å²) in [7, 11) is 0. The van der Waals surface area contributed by atoms with Crippen LogP contribution in [-0.2, 0) is 27.4 Å². The topological polar surface area (TPSA) is 86.1 Å². The Morgan fingerprint density at radius 1 is 1.33 bits per heavy atom. The van der Waals surface area contributed by atoms with Crippen molar-refractivity contribution in [1.82, 2.24) is 20.3 Å². The Labute approximate surface area is 144 Å². The van der Waals surface area contributed by atoms with Crippen molar-refractivity contribution < 1.29 is 14.3 Å². The average molecular weight is 338 g/mol. The van der Waals surface area contributed by atoms with E-state index in [1.165, 1.54) is 6.92 Å². The van der Waals surface area contributed by atoms with E-state index in [0.717, 1.165) is 13.0 Å². The van der Waals surface area contributed by atoms with Gasteiger partial charge in [0.2, 0.25) is 5.91 Å². The summed E-state index contributed by atoms with van der Waals surface area (Å²) in [6.45, 7) is 11.5. The summed E-state index contributed by atoms with van der Waals surface area (Å²) in [4.78, 5) is 22.4. The number of aromatic nitrogens is 3. The van der Waals surface area contributed by atoms with Gasteiger partial charge in [-0.05, 0) is 33.1 Å². The van der Waals surface area contributed by atoms with Gasteiger partial charge in [0.25, 0.3) is 0 Å². The second-order valence-corrected chi connectivity index (χ2v) is 7.18. The quantitative estimate of drug-likeness (QED) is 0.668. The van der Waals surface area contributed by atoms with Crippen LogP contribution in [0.15, 0.2) is 6.20 Å². The zero-order chi connectivity index (χ0) is 18.2. The molecule has 0 fully saturated rings. The van der Waals surface area contributed by atoms with Gasteiger partial charge in [0, 0.05) is 19.4 Å².